The van der Waals surface area contributed by atoms with Gasteiger partial charge in [-0.05, 0) is 35.4 Å². The zero-order valence-corrected chi connectivity index (χ0v) is 14.3. The Kier molecular flexibility index (Phi) is 5.36. The van der Waals surface area contributed by atoms with Crippen molar-refractivity contribution < 1.29 is 19.4 Å². The Bertz CT molecular complexity index is 775. The highest BCUT2D eigenvalue weighted by molar-refractivity contribution is 6.30. The number of morpholine rings is 1. The molecular formula is C19H18ClNO4. The van der Waals surface area contributed by atoms with Crippen molar-refractivity contribution in [2.24, 2.45) is 0 Å². The van der Waals surface area contributed by atoms with Gasteiger partial charge in [-0.1, -0.05) is 35.9 Å². The van der Waals surface area contributed by atoms with Gasteiger partial charge in [0.05, 0.1) is 31.2 Å². The van der Waals surface area contributed by atoms with Crippen LogP contribution in [-0.4, -0.2) is 41.6 Å². The molecule has 2 aromatic rings. The molecule has 1 heterocycles. The minimum absolute atomic E-state index is 0.0173. The quantitative estimate of drug-likeness (QED) is 0.910. The molecule has 1 fully saturated rings. The molecule has 1 N–H and O–H groups in total. The molecule has 1 aliphatic heterocycles. The number of benzene rings is 2. The Morgan fingerprint density at radius 2 is 1.96 bits per heavy atom. The summed E-state index contributed by atoms with van der Waals surface area (Å²) in [7, 11) is 0. The molecule has 0 radical (unpaired) electrons. The van der Waals surface area contributed by atoms with Gasteiger partial charge in [-0.3, -0.25) is 4.79 Å². The number of hydrogen-bond acceptors (Lipinski definition) is 3. The van der Waals surface area contributed by atoms with Crippen LogP contribution in [0.4, 0.5) is 0 Å². The van der Waals surface area contributed by atoms with Crippen LogP contribution in [0.3, 0.4) is 0 Å². The van der Waals surface area contributed by atoms with Crippen LogP contribution in [0.1, 0.15) is 27.5 Å². The van der Waals surface area contributed by atoms with E-state index >= 15 is 0 Å². The summed E-state index contributed by atoms with van der Waals surface area (Å²) in [5, 5.41) is 9.57. The molecule has 130 valence electrons. The van der Waals surface area contributed by atoms with Crippen LogP contribution in [-0.2, 0) is 16.0 Å². The first kappa shape index (κ1) is 17.5. The van der Waals surface area contributed by atoms with Gasteiger partial charge in [0, 0.05) is 11.6 Å². The molecule has 3 rings (SSSR count). The van der Waals surface area contributed by atoms with E-state index in [9.17, 15) is 9.59 Å². The van der Waals surface area contributed by atoms with Crippen molar-refractivity contribution in [2.75, 3.05) is 19.8 Å². The number of aromatic carboxylic acids is 1. The highest BCUT2D eigenvalue weighted by atomic mass is 35.5. The first-order valence-corrected chi connectivity index (χ1v) is 8.37. The molecule has 0 saturated carbocycles. The third-order valence-corrected chi connectivity index (χ3v) is 4.47. The lowest BCUT2D eigenvalue weighted by molar-refractivity contribution is -0.139. The van der Waals surface area contributed by atoms with E-state index in [-0.39, 0.29) is 23.9 Å². The molecule has 25 heavy (non-hydrogen) atoms. The van der Waals surface area contributed by atoms with E-state index in [4.69, 9.17) is 21.4 Å². The summed E-state index contributed by atoms with van der Waals surface area (Å²) >= 11 is 6.07. The van der Waals surface area contributed by atoms with E-state index < -0.39 is 5.97 Å². The number of ether oxygens (including phenoxy) is 1. The van der Waals surface area contributed by atoms with E-state index in [0.717, 1.165) is 11.1 Å². The second kappa shape index (κ2) is 7.68. The van der Waals surface area contributed by atoms with Crippen molar-refractivity contribution in [1.29, 1.82) is 0 Å². The second-order valence-corrected chi connectivity index (χ2v) is 6.35. The molecule has 0 bridgehead atoms. The largest absolute Gasteiger partial charge is 0.478 e. The predicted molar refractivity (Wildman–Crippen MR) is 93.8 cm³/mol. The smallest absolute Gasteiger partial charge is 0.335 e. The number of carboxylic acids is 1. The Hall–Kier alpha value is -2.37. The van der Waals surface area contributed by atoms with Crippen LogP contribution >= 0.6 is 11.6 Å². The minimum Gasteiger partial charge on any atom is -0.478 e. The Morgan fingerprint density at radius 3 is 2.64 bits per heavy atom. The monoisotopic (exact) mass is 359 g/mol. The molecule has 0 spiro atoms. The molecule has 1 atom stereocenters. The Morgan fingerprint density at radius 1 is 1.20 bits per heavy atom. The van der Waals surface area contributed by atoms with Crippen molar-refractivity contribution in [2.45, 2.75) is 12.5 Å². The van der Waals surface area contributed by atoms with Crippen LogP contribution in [0.25, 0.3) is 0 Å². The molecule has 1 aliphatic rings. The number of nitrogens with zero attached hydrogens (tertiary/aromatic N) is 1. The summed E-state index contributed by atoms with van der Waals surface area (Å²) in [6, 6.07) is 13.7. The lowest BCUT2D eigenvalue weighted by atomic mass is 10.0. The van der Waals surface area contributed by atoms with Crippen LogP contribution in [0.15, 0.2) is 48.5 Å². The maximum atomic E-state index is 12.8. The van der Waals surface area contributed by atoms with Gasteiger partial charge < -0.3 is 14.7 Å². The number of carboxylic acid groups (broad SMARTS) is 1. The van der Waals surface area contributed by atoms with Crippen molar-refractivity contribution in [3.05, 3.63) is 70.2 Å². The van der Waals surface area contributed by atoms with Crippen LogP contribution in [0, 0.1) is 0 Å². The summed E-state index contributed by atoms with van der Waals surface area (Å²) in [6.07, 6.45) is 0.219. The SMILES string of the molecule is O=C(O)c1ccc(CC(=O)N2CCOCC2c2cccc(Cl)c2)cc1. The summed E-state index contributed by atoms with van der Waals surface area (Å²) in [6.45, 7) is 1.45. The summed E-state index contributed by atoms with van der Waals surface area (Å²) in [4.78, 5) is 25.5. The maximum Gasteiger partial charge on any atom is 0.335 e. The van der Waals surface area contributed by atoms with E-state index in [1.165, 1.54) is 12.1 Å². The Labute approximate surface area is 150 Å². The molecule has 1 amide bonds. The molecule has 0 aliphatic carbocycles. The van der Waals surface area contributed by atoms with Gasteiger partial charge in [0.2, 0.25) is 5.91 Å². The first-order chi connectivity index (χ1) is 12.0. The summed E-state index contributed by atoms with van der Waals surface area (Å²) < 4.78 is 5.55. The van der Waals surface area contributed by atoms with E-state index in [1.54, 1.807) is 23.1 Å². The highest BCUT2D eigenvalue weighted by Gasteiger charge is 2.28. The van der Waals surface area contributed by atoms with Crippen LogP contribution in [0.5, 0.6) is 0 Å². The zero-order valence-electron chi connectivity index (χ0n) is 13.5. The molecule has 2 aromatic carbocycles. The fraction of sp³-hybridized carbons (Fsp3) is 0.263. The fourth-order valence-electron chi connectivity index (χ4n) is 2.93. The number of hydrogen-bond donors (Lipinski definition) is 1. The Balaban J connectivity index is 1.75. The fourth-order valence-corrected chi connectivity index (χ4v) is 3.13. The van der Waals surface area contributed by atoms with Gasteiger partial charge in [-0.25, -0.2) is 4.79 Å². The lowest BCUT2D eigenvalue weighted by Crippen LogP contribution is -2.44. The molecular weight excluding hydrogens is 342 g/mol. The van der Waals surface area contributed by atoms with Crippen molar-refractivity contribution in [3.8, 4) is 0 Å². The minimum atomic E-state index is -0.980. The third-order valence-electron chi connectivity index (χ3n) is 4.24. The summed E-state index contributed by atoms with van der Waals surface area (Å²) in [5.41, 5.74) is 1.94. The lowest BCUT2D eigenvalue weighted by Gasteiger charge is -2.36. The van der Waals surface area contributed by atoms with Gasteiger partial charge in [0.15, 0.2) is 0 Å². The standard InChI is InChI=1S/C19H18ClNO4/c20-16-3-1-2-15(11-16)17-12-25-9-8-21(17)18(22)10-13-4-6-14(7-5-13)19(23)24/h1-7,11,17H,8-10,12H2,(H,23,24). The number of rotatable bonds is 4. The summed E-state index contributed by atoms with van der Waals surface area (Å²) in [5.74, 6) is -0.997. The number of carbonyl (C=O) groups is 2. The van der Waals surface area contributed by atoms with E-state index in [2.05, 4.69) is 0 Å². The van der Waals surface area contributed by atoms with Crippen LogP contribution < -0.4 is 0 Å². The zero-order chi connectivity index (χ0) is 17.8. The molecule has 0 aromatic heterocycles. The van der Waals surface area contributed by atoms with E-state index in [0.29, 0.717) is 24.8 Å². The maximum absolute atomic E-state index is 12.8. The average molecular weight is 360 g/mol. The number of amides is 1. The average Bonchev–Trinajstić information content (AvgIpc) is 2.62. The van der Waals surface area contributed by atoms with Gasteiger partial charge in [-0.15, -0.1) is 0 Å². The van der Waals surface area contributed by atoms with Gasteiger partial charge in [-0.2, -0.15) is 0 Å². The van der Waals surface area contributed by atoms with Crippen molar-refractivity contribution in [1.82, 2.24) is 4.90 Å². The highest BCUT2D eigenvalue weighted by Crippen LogP contribution is 2.27. The van der Waals surface area contributed by atoms with Crippen molar-refractivity contribution in [3.63, 3.8) is 0 Å². The third kappa shape index (κ3) is 4.18. The molecule has 6 heteroatoms. The molecule has 1 unspecified atom stereocenters. The predicted octanol–water partition coefficient (Wildman–Crippen LogP) is 3.18. The van der Waals surface area contributed by atoms with Crippen LogP contribution in [0.2, 0.25) is 5.02 Å². The first-order valence-electron chi connectivity index (χ1n) is 7.99. The van der Waals surface area contributed by atoms with E-state index in [1.807, 2.05) is 18.2 Å². The topological polar surface area (TPSA) is 66.8 Å². The molecule has 5 nitrogen and oxygen atoms in total. The van der Waals surface area contributed by atoms with Gasteiger partial charge in [0.1, 0.15) is 0 Å². The molecule has 1 saturated heterocycles. The number of halogens is 1. The number of carbonyl (C=O) groups excluding carboxylic acids is 1. The normalized spacial score (nSPS) is 17.3. The second-order valence-electron chi connectivity index (χ2n) is 5.91. The van der Waals surface area contributed by atoms with Crippen molar-refractivity contribution >= 4 is 23.5 Å². The van der Waals surface area contributed by atoms with Gasteiger partial charge >= 0.3 is 5.97 Å². The van der Waals surface area contributed by atoms with Gasteiger partial charge in [0.25, 0.3) is 0 Å².